The Balaban J connectivity index is 2.04. The molecule has 0 fully saturated rings. The lowest BCUT2D eigenvalue weighted by Crippen LogP contribution is -2.08. The number of hydrogen-bond acceptors (Lipinski definition) is 4. The smallest absolute Gasteiger partial charge is 0.306 e. The fourth-order valence-corrected chi connectivity index (χ4v) is 1.69. The minimum absolute atomic E-state index is 0.169. The Morgan fingerprint density at radius 3 is 2.94 bits per heavy atom. The Labute approximate surface area is 100 Å². The van der Waals surface area contributed by atoms with Crippen molar-refractivity contribution in [2.45, 2.75) is 32.8 Å². The molecule has 1 aliphatic rings. The van der Waals surface area contributed by atoms with Crippen LogP contribution >= 0.6 is 0 Å². The third kappa shape index (κ3) is 2.70. The SMILES string of the molecule is CCCC(=O)O[C@@H](C)c1ccc2c(c1)OCO2. The van der Waals surface area contributed by atoms with Crippen molar-refractivity contribution in [3.8, 4) is 11.5 Å². The van der Waals surface area contributed by atoms with E-state index in [1.807, 2.05) is 32.0 Å². The van der Waals surface area contributed by atoms with Crippen molar-refractivity contribution < 1.29 is 19.0 Å². The minimum Gasteiger partial charge on any atom is -0.458 e. The van der Waals surface area contributed by atoms with Crippen LogP contribution in [0.25, 0.3) is 0 Å². The lowest BCUT2D eigenvalue weighted by molar-refractivity contribution is -0.148. The summed E-state index contributed by atoms with van der Waals surface area (Å²) in [5.41, 5.74) is 0.915. The summed E-state index contributed by atoms with van der Waals surface area (Å²) < 4.78 is 15.8. The van der Waals surface area contributed by atoms with E-state index in [1.54, 1.807) is 0 Å². The highest BCUT2D eigenvalue weighted by atomic mass is 16.7. The zero-order valence-corrected chi connectivity index (χ0v) is 10.1. The van der Waals surface area contributed by atoms with Gasteiger partial charge in [-0.15, -0.1) is 0 Å². The predicted octanol–water partition coefficient (Wildman–Crippen LogP) is 2.82. The molecular weight excluding hydrogens is 220 g/mol. The third-order valence-electron chi connectivity index (χ3n) is 2.63. The summed E-state index contributed by atoms with van der Waals surface area (Å²) in [7, 11) is 0. The second kappa shape index (κ2) is 5.08. The number of carbonyl (C=O) groups is 1. The maximum atomic E-state index is 11.4. The number of carbonyl (C=O) groups excluding carboxylic acids is 1. The Kier molecular flexibility index (Phi) is 3.52. The molecule has 4 heteroatoms. The van der Waals surface area contributed by atoms with Crippen LogP contribution in [0.15, 0.2) is 18.2 Å². The molecule has 0 amide bonds. The minimum atomic E-state index is -0.261. The number of fused-ring (bicyclic) bond motifs is 1. The van der Waals surface area contributed by atoms with Gasteiger partial charge in [0.05, 0.1) is 0 Å². The molecule has 0 N–H and O–H groups in total. The summed E-state index contributed by atoms with van der Waals surface area (Å²) >= 11 is 0. The predicted molar refractivity (Wildman–Crippen MR) is 62.0 cm³/mol. The van der Waals surface area contributed by atoms with Crippen LogP contribution < -0.4 is 9.47 Å². The molecule has 0 bridgehead atoms. The van der Waals surface area contributed by atoms with E-state index in [2.05, 4.69) is 0 Å². The van der Waals surface area contributed by atoms with Crippen LogP contribution in [0.5, 0.6) is 11.5 Å². The molecule has 0 spiro atoms. The van der Waals surface area contributed by atoms with Crippen LogP contribution in [0.2, 0.25) is 0 Å². The number of rotatable bonds is 4. The van der Waals surface area contributed by atoms with Gasteiger partial charge in [0.2, 0.25) is 6.79 Å². The molecule has 0 saturated carbocycles. The Morgan fingerprint density at radius 2 is 2.18 bits per heavy atom. The van der Waals surface area contributed by atoms with Crippen LogP contribution in [0.1, 0.15) is 38.4 Å². The van der Waals surface area contributed by atoms with Gasteiger partial charge in [-0.05, 0) is 31.0 Å². The van der Waals surface area contributed by atoms with E-state index in [0.717, 1.165) is 17.7 Å². The van der Waals surface area contributed by atoms with E-state index >= 15 is 0 Å². The number of benzene rings is 1. The fraction of sp³-hybridized carbons (Fsp3) is 0.462. The first kappa shape index (κ1) is 11.8. The van der Waals surface area contributed by atoms with Gasteiger partial charge in [0, 0.05) is 6.42 Å². The van der Waals surface area contributed by atoms with Gasteiger partial charge in [-0.3, -0.25) is 4.79 Å². The first-order valence-corrected chi connectivity index (χ1v) is 5.79. The molecule has 1 atom stereocenters. The maximum absolute atomic E-state index is 11.4. The van der Waals surface area contributed by atoms with Crippen LogP contribution in [0.3, 0.4) is 0 Å². The van der Waals surface area contributed by atoms with E-state index in [4.69, 9.17) is 14.2 Å². The van der Waals surface area contributed by atoms with Crippen molar-refractivity contribution in [1.29, 1.82) is 0 Å². The quantitative estimate of drug-likeness (QED) is 0.754. The monoisotopic (exact) mass is 236 g/mol. The lowest BCUT2D eigenvalue weighted by atomic mass is 10.1. The molecule has 0 radical (unpaired) electrons. The number of hydrogen-bond donors (Lipinski definition) is 0. The van der Waals surface area contributed by atoms with E-state index in [9.17, 15) is 4.79 Å². The average molecular weight is 236 g/mol. The topological polar surface area (TPSA) is 44.8 Å². The van der Waals surface area contributed by atoms with Crippen molar-refractivity contribution >= 4 is 5.97 Å². The molecule has 0 saturated heterocycles. The van der Waals surface area contributed by atoms with Gasteiger partial charge in [-0.25, -0.2) is 0 Å². The number of esters is 1. The number of ether oxygens (including phenoxy) is 3. The Morgan fingerprint density at radius 1 is 1.41 bits per heavy atom. The summed E-state index contributed by atoms with van der Waals surface area (Å²) in [5.74, 6) is 1.28. The Bertz CT molecular complexity index is 414. The molecule has 1 aromatic rings. The van der Waals surface area contributed by atoms with E-state index in [1.165, 1.54) is 0 Å². The molecule has 0 unspecified atom stereocenters. The van der Waals surface area contributed by atoms with Crippen molar-refractivity contribution in [3.05, 3.63) is 23.8 Å². The van der Waals surface area contributed by atoms with Crippen LogP contribution in [0, 0.1) is 0 Å². The summed E-state index contributed by atoms with van der Waals surface area (Å²) in [4.78, 5) is 11.4. The van der Waals surface area contributed by atoms with Gasteiger partial charge in [0.1, 0.15) is 6.10 Å². The highest BCUT2D eigenvalue weighted by Gasteiger charge is 2.17. The van der Waals surface area contributed by atoms with E-state index in [0.29, 0.717) is 12.2 Å². The second-order valence-corrected chi connectivity index (χ2v) is 3.99. The highest BCUT2D eigenvalue weighted by molar-refractivity contribution is 5.69. The van der Waals surface area contributed by atoms with Gasteiger partial charge in [-0.1, -0.05) is 13.0 Å². The first-order valence-electron chi connectivity index (χ1n) is 5.79. The van der Waals surface area contributed by atoms with E-state index < -0.39 is 0 Å². The molecule has 0 aliphatic carbocycles. The lowest BCUT2D eigenvalue weighted by Gasteiger charge is -2.13. The molecule has 92 valence electrons. The Hall–Kier alpha value is -1.71. The molecule has 2 rings (SSSR count). The van der Waals surface area contributed by atoms with Crippen molar-refractivity contribution in [1.82, 2.24) is 0 Å². The third-order valence-corrected chi connectivity index (χ3v) is 2.63. The van der Waals surface area contributed by atoms with Crippen molar-refractivity contribution in [3.63, 3.8) is 0 Å². The normalized spacial score (nSPS) is 14.5. The molecule has 4 nitrogen and oxygen atoms in total. The van der Waals surface area contributed by atoms with Crippen molar-refractivity contribution in [2.24, 2.45) is 0 Å². The molecule has 1 heterocycles. The van der Waals surface area contributed by atoms with Crippen molar-refractivity contribution in [2.75, 3.05) is 6.79 Å². The highest BCUT2D eigenvalue weighted by Crippen LogP contribution is 2.34. The van der Waals surface area contributed by atoms with E-state index in [-0.39, 0.29) is 18.9 Å². The fourth-order valence-electron chi connectivity index (χ4n) is 1.69. The summed E-state index contributed by atoms with van der Waals surface area (Å²) in [6.45, 7) is 4.06. The van der Waals surface area contributed by atoms with Gasteiger partial charge < -0.3 is 14.2 Å². The van der Waals surface area contributed by atoms with Gasteiger partial charge in [-0.2, -0.15) is 0 Å². The molecule has 1 aromatic carbocycles. The zero-order chi connectivity index (χ0) is 12.3. The van der Waals surface area contributed by atoms with Crippen LogP contribution in [-0.2, 0) is 9.53 Å². The standard InChI is InChI=1S/C13H16O4/c1-3-4-13(14)17-9(2)10-5-6-11-12(7-10)16-8-15-11/h5-7,9H,3-4,8H2,1-2H3/t9-/m0/s1. The maximum Gasteiger partial charge on any atom is 0.306 e. The largest absolute Gasteiger partial charge is 0.458 e. The summed E-state index contributed by atoms with van der Waals surface area (Å²) in [6.07, 6.45) is 0.991. The average Bonchev–Trinajstić information content (AvgIpc) is 2.75. The van der Waals surface area contributed by atoms with Crippen LogP contribution in [-0.4, -0.2) is 12.8 Å². The molecule has 17 heavy (non-hydrogen) atoms. The van der Waals surface area contributed by atoms with Gasteiger partial charge in [0.25, 0.3) is 0 Å². The van der Waals surface area contributed by atoms with Gasteiger partial charge >= 0.3 is 5.97 Å². The molecule has 1 aliphatic heterocycles. The molecule has 0 aromatic heterocycles. The van der Waals surface area contributed by atoms with Gasteiger partial charge in [0.15, 0.2) is 11.5 Å². The van der Waals surface area contributed by atoms with Crippen LogP contribution in [0.4, 0.5) is 0 Å². The second-order valence-electron chi connectivity index (χ2n) is 3.99. The zero-order valence-electron chi connectivity index (χ0n) is 10.1. The first-order chi connectivity index (χ1) is 8.20. The summed E-state index contributed by atoms with van der Waals surface area (Å²) in [6, 6.07) is 5.57. The molecular formula is C13H16O4. The summed E-state index contributed by atoms with van der Waals surface area (Å²) in [5, 5.41) is 0.